The van der Waals surface area contributed by atoms with E-state index in [-0.39, 0.29) is 6.61 Å². The summed E-state index contributed by atoms with van der Waals surface area (Å²) in [6.07, 6.45) is 1.52. The molecular formula is C17H17BrClNO3S. The standard InChI is InChI=1S/C17H17BrClNO3S/c1-11-4-3-5-13(6-11)24(21,22)17(2)8-15(23-10-17)16-14(19)7-12(18)9-20-16/h3-7,9,15H,8,10H2,1-2H3. The molecule has 1 aromatic carbocycles. The highest BCUT2D eigenvalue weighted by molar-refractivity contribution is 9.10. The molecule has 1 aliphatic rings. The highest BCUT2D eigenvalue weighted by Gasteiger charge is 2.48. The van der Waals surface area contributed by atoms with Crippen molar-refractivity contribution in [3.05, 3.63) is 57.3 Å². The van der Waals surface area contributed by atoms with Crippen LogP contribution in [0, 0.1) is 6.92 Å². The van der Waals surface area contributed by atoms with Gasteiger partial charge in [0.15, 0.2) is 9.84 Å². The Morgan fingerprint density at radius 3 is 2.79 bits per heavy atom. The first-order valence-corrected chi connectivity index (χ1v) is 10.1. The normalized spacial score (nSPS) is 24.2. The fourth-order valence-electron chi connectivity index (χ4n) is 2.88. The molecule has 0 N–H and O–H groups in total. The van der Waals surface area contributed by atoms with Gasteiger partial charge < -0.3 is 4.74 Å². The first-order valence-electron chi connectivity index (χ1n) is 7.47. The molecule has 0 bridgehead atoms. The average molecular weight is 431 g/mol. The molecule has 0 radical (unpaired) electrons. The van der Waals surface area contributed by atoms with Gasteiger partial charge in [0.2, 0.25) is 0 Å². The van der Waals surface area contributed by atoms with Crippen LogP contribution in [0.1, 0.15) is 30.7 Å². The Morgan fingerprint density at radius 2 is 2.12 bits per heavy atom. The zero-order chi connectivity index (χ0) is 17.5. The third kappa shape index (κ3) is 3.12. The van der Waals surface area contributed by atoms with Crippen molar-refractivity contribution in [3.8, 4) is 0 Å². The largest absolute Gasteiger partial charge is 0.370 e. The van der Waals surface area contributed by atoms with Gasteiger partial charge in [0, 0.05) is 17.1 Å². The smallest absolute Gasteiger partial charge is 0.186 e. The number of benzene rings is 1. The molecule has 4 nitrogen and oxygen atoms in total. The number of hydrogen-bond donors (Lipinski definition) is 0. The maximum atomic E-state index is 13.1. The lowest BCUT2D eigenvalue weighted by atomic mass is 10.0. The number of sulfone groups is 1. The summed E-state index contributed by atoms with van der Waals surface area (Å²) in [6.45, 7) is 3.71. The molecule has 0 aliphatic carbocycles. The summed E-state index contributed by atoms with van der Waals surface area (Å²) in [4.78, 5) is 4.62. The SMILES string of the molecule is Cc1cccc(S(=O)(=O)C2(C)COC(c3ncc(Br)cc3Cl)C2)c1. The van der Waals surface area contributed by atoms with Gasteiger partial charge in [-0.05, 0) is 53.5 Å². The van der Waals surface area contributed by atoms with E-state index in [0.29, 0.717) is 22.0 Å². The third-order valence-electron chi connectivity index (χ3n) is 4.30. The predicted molar refractivity (Wildman–Crippen MR) is 97.0 cm³/mol. The van der Waals surface area contributed by atoms with Crippen molar-refractivity contribution in [1.82, 2.24) is 4.98 Å². The molecule has 2 unspecified atom stereocenters. The van der Waals surface area contributed by atoms with Crippen molar-refractivity contribution in [2.75, 3.05) is 6.61 Å². The monoisotopic (exact) mass is 429 g/mol. The Labute approximate surface area is 155 Å². The summed E-state index contributed by atoms with van der Waals surface area (Å²) in [5.74, 6) is 0. The molecular weight excluding hydrogens is 414 g/mol. The summed E-state index contributed by atoms with van der Waals surface area (Å²) in [6, 6.07) is 8.69. The quantitative estimate of drug-likeness (QED) is 0.719. The van der Waals surface area contributed by atoms with Crippen LogP contribution in [-0.4, -0.2) is 24.8 Å². The van der Waals surface area contributed by atoms with E-state index in [1.54, 1.807) is 37.4 Å². The minimum absolute atomic E-state index is 0.113. The van der Waals surface area contributed by atoms with Crippen LogP contribution in [-0.2, 0) is 14.6 Å². The van der Waals surface area contributed by atoms with Crippen molar-refractivity contribution in [2.24, 2.45) is 0 Å². The van der Waals surface area contributed by atoms with E-state index < -0.39 is 20.7 Å². The molecule has 1 saturated heterocycles. The van der Waals surface area contributed by atoms with Crippen LogP contribution in [0.2, 0.25) is 5.02 Å². The topological polar surface area (TPSA) is 56.3 Å². The fourth-order valence-corrected chi connectivity index (χ4v) is 5.39. The molecule has 0 amide bonds. The van der Waals surface area contributed by atoms with Gasteiger partial charge in [-0.3, -0.25) is 4.98 Å². The fraction of sp³-hybridized carbons (Fsp3) is 0.353. The van der Waals surface area contributed by atoms with E-state index >= 15 is 0 Å². The number of aromatic nitrogens is 1. The molecule has 0 saturated carbocycles. The maximum absolute atomic E-state index is 13.1. The number of ether oxygens (including phenoxy) is 1. The average Bonchev–Trinajstić information content (AvgIpc) is 2.91. The summed E-state index contributed by atoms with van der Waals surface area (Å²) in [5, 5.41) is 0.464. The molecule has 2 atom stereocenters. The molecule has 24 heavy (non-hydrogen) atoms. The van der Waals surface area contributed by atoms with Gasteiger partial charge in [-0.15, -0.1) is 0 Å². The Hall–Kier alpha value is -0.950. The number of halogens is 2. The van der Waals surface area contributed by atoms with Crippen molar-refractivity contribution < 1.29 is 13.2 Å². The van der Waals surface area contributed by atoms with Crippen LogP contribution >= 0.6 is 27.5 Å². The van der Waals surface area contributed by atoms with Gasteiger partial charge in [-0.25, -0.2) is 8.42 Å². The number of pyridine rings is 1. The molecule has 1 fully saturated rings. The molecule has 0 spiro atoms. The molecule has 2 aromatic rings. The molecule has 1 aliphatic heterocycles. The lowest BCUT2D eigenvalue weighted by Crippen LogP contribution is -2.36. The van der Waals surface area contributed by atoms with E-state index in [9.17, 15) is 8.42 Å². The minimum atomic E-state index is -3.53. The number of nitrogens with zero attached hydrogens (tertiary/aromatic N) is 1. The Balaban J connectivity index is 1.93. The van der Waals surface area contributed by atoms with E-state index in [1.165, 1.54) is 0 Å². The first-order chi connectivity index (χ1) is 11.2. The zero-order valence-electron chi connectivity index (χ0n) is 13.3. The lowest BCUT2D eigenvalue weighted by molar-refractivity contribution is 0.106. The number of hydrogen-bond acceptors (Lipinski definition) is 4. The van der Waals surface area contributed by atoms with Gasteiger partial charge in [0.05, 0.1) is 22.2 Å². The Kier molecular flexibility index (Phi) is 4.77. The van der Waals surface area contributed by atoms with Gasteiger partial charge in [-0.2, -0.15) is 0 Å². The van der Waals surface area contributed by atoms with E-state index in [0.717, 1.165) is 10.0 Å². The van der Waals surface area contributed by atoms with E-state index in [2.05, 4.69) is 20.9 Å². The highest BCUT2D eigenvalue weighted by Crippen LogP contribution is 2.43. The summed E-state index contributed by atoms with van der Waals surface area (Å²) in [5.41, 5.74) is 1.48. The summed E-state index contributed by atoms with van der Waals surface area (Å²) < 4.78 is 31.7. The summed E-state index contributed by atoms with van der Waals surface area (Å²) in [7, 11) is -3.53. The summed E-state index contributed by atoms with van der Waals surface area (Å²) >= 11 is 9.55. The van der Waals surface area contributed by atoms with Gasteiger partial charge in [0.1, 0.15) is 10.9 Å². The number of aryl methyl sites for hydroxylation is 1. The number of rotatable bonds is 3. The minimum Gasteiger partial charge on any atom is -0.370 e. The second-order valence-corrected chi connectivity index (χ2v) is 10.1. The van der Waals surface area contributed by atoms with Crippen molar-refractivity contribution in [2.45, 2.75) is 36.0 Å². The molecule has 3 rings (SSSR count). The first kappa shape index (κ1) is 17.9. The second-order valence-electron chi connectivity index (χ2n) is 6.29. The molecule has 1 aromatic heterocycles. The predicted octanol–water partition coefficient (Wildman–Crippen LogP) is 4.50. The lowest BCUT2D eigenvalue weighted by Gasteiger charge is -2.22. The van der Waals surface area contributed by atoms with Crippen molar-refractivity contribution in [3.63, 3.8) is 0 Å². The maximum Gasteiger partial charge on any atom is 0.186 e. The highest BCUT2D eigenvalue weighted by atomic mass is 79.9. The van der Waals surface area contributed by atoms with Crippen LogP contribution in [0.5, 0.6) is 0 Å². The Bertz CT molecular complexity index is 887. The molecule has 2 heterocycles. The Morgan fingerprint density at radius 1 is 1.38 bits per heavy atom. The molecule has 128 valence electrons. The zero-order valence-corrected chi connectivity index (χ0v) is 16.5. The second kappa shape index (κ2) is 6.41. The van der Waals surface area contributed by atoms with E-state index in [1.807, 2.05) is 13.0 Å². The van der Waals surface area contributed by atoms with E-state index in [4.69, 9.17) is 16.3 Å². The van der Waals surface area contributed by atoms with Crippen LogP contribution < -0.4 is 0 Å². The van der Waals surface area contributed by atoms with Crippen LogP contribution in [0.25, 0.3) is 0 Å². The van der Waals surface area contributed by atoms with Gasteiger partial charge in [-0.1, -0.05) is 23.7 Å². The van der Waals surface area contributed by atoms with Crippen LogP contribution in [0.15, 0.2) is 45.9 Å². The van der Waals surface area contributed by atoms with Crippen LogP contribution in [0.4, 0.5) is 0 Å². The van der Waals surface area contributed by atoms with Gasteiger partial charge >= 0.3 is 0 Å². The van der Waals surface area contributed by atoms with Crippen molar-refractivity contribution >= 4 is 37.4 Å². The van der Waals surface area contributed by atoms with Crippen molar-refractivity contribution in [1.29, 1.82) is 0 Å². The van der Waals surface area contributed by atoms with Gasteiger partial charge in [0.25, 0.3) is 0 Å². The van der Waals surface area contributed by atoms with Crippen LogP contribution in [0.3, 0.4) is 0 Å². The third-order valence-corrected chi connectivity index (χ3v) is 7.49. The molecule has 7 heteroatoms.